The molecule has 2 rings (SSSR count). The van der Waals surface area contributed by atoms with Gasteiger partial charge in [-0.2, -0.15) is 0 Å². The van der Waals surface area contributed by atoms with Gasteiger partial charge in [-0.05, 0) is 38.6 Å². The second kappa shape index (κ2) is 7.93. The lowest BCUT2D eigenvalue weighted by Crippen LogP contribution is -2.37. The van der Waals surface area contributed by atoms with E-state index in [4.69, 9.17) is 0 Å². The average Bonchev–Trinajstić information content (AvgIpc) is 2.74. The van der Waals surface area contributed by atoms with Gasteiger partial charge in [0, 0.05) is 20.1 Å². The van der Waals surface area contributed by atoms with Crippen molar-refractivity contribution in [3.63, 3.8) is 0 Å². The largest absolute Gasteiger partial charge is 0.372 e. The standard InChI is InChI=1S/C15H25N5O/c1-16-11-15(21)20-6-3-4-12(5-7-20)8-13-9-19-14(17-2)10-18-13/h9-10,12,16H,3-8,11H2,1-2H3,(H,17,19)/t12-/m0/s1. The summed E-state index contributed by atoms with van der Waals surface area (Å²) in [5.41, 5.74) is 1.04. The van der Waals surface area contributed by atoms with Gasteiger partial charge in [0.1, 0.15) is 5.82 Å². The number of nitrogens with one attached hydrogen (secondary N) is 2. The minimum absolute atomic E-state index is 0.205. The second-order valence-corrected chi connectivity index (χ2v) is 5.56. The van der Waals surface area contributed by atoms with Crippen molar-refractivity contribution in [1.82, 2.24) is 20.2 Å². The molecule has 1 atom stereocenters. The van der Waals surface area contributed by atoms with Crippen molar-refractivity contribution in [3.05, 3.63) is 18.1 Å². The first kappa shape index (κ1) is 15.7. The fraction of sp³-hybridized carbons (Fsp3) is 0.667. The highest BCUT2D eigenvalue weighted by molar-refractivity contribution is 5.78. The summed E-state index contributed by atoms with van der Waals surface area (Å²) in [6, 6.07) is 0. The Morgan fingerprint density at radius 2 is 2.14 bits per heavy atom. The van der Waals surface area contributed by atoms with Crippen LogP contribution in [0.3, 0.4) is 0 Å². The van der Waals surface area contributed by atoms with Crippen molar-refractivity contribution in [1.29, 1.82) is 0 Å². The van der Waals surface area contributed by atoms with Crippen LogP contribution in [-0.4, -0.2) is 54.5 Å². The maximum absolute atomic E-state index is 11.9. The lowest BCUT2D eigenvalue weighted by Gasteiger charge is -2.20. The van der Waals surface area contributed by atoms with Crippen molar-refractivity contribution in [2.45, 2.75) is 25.7 Å². The highest BCUT2D eigenvalue weighted by Crippen LogP contribution is 2.21. The van der Waals surface area contributed by atoms with Gasteiger partial charge in [-0.1, -0.05) is 0 Å². The zero-order valence-electron chi connectivity index (χ0n) is 12.9. The lowest BCUT2D eigenvalue weighted by molar-refractivity contribution is -0.130. The molecule has 116 valence electrons. The van der Waals surface area contributed by atoms with Crippen molar-refractivity contribution in [3.8, 4) is 0 Å². The van der Waals surface area contributed by atoms with Crippen molar-refractivity contribution >= 4 is 11.7 Å². The quantitative estimate of drug-likeness (QED) is 0.844. The molecule has 1 saturated heterocycles. The predicted molar refractivity (Wildman–Crippen MR) is 83.1 cm³/mol. The summed E-state index contributed by atoms with van der Waals surface area (Å²) in [4.78, 5) is 22.6. The van der Waals surface area contributed by atoms with E-state index in [-0.39, 0.29) is 5.91 Å². The van der Waals surface area contributed by atoms with E-state index in [0.29, 0.717) is 12.5 Å². The van der Waals surface area contributed by atoms with E-state index in [9.17, 15) is 4.79 Å². The Labute approximate surface area is 126 Å². The Hall–Kier alpha value is -1.69. The summed E-state index contributed by atoms with van der Waals surface area (Å²) >= 11 is 0. The molecule has 1 fully saturated rings. The van der Waals surface area contributed by atoms with Crippen LogP contribution in [0, 0.1) is 5.92 Å². The molecular weight excluding hydrogens is 266 g/mol. The van der Waals surface area contributed by atoms with E-state index >= 15 is 0 Å². The third-order valence-electron chi connectivity index (χ3n) is 3.99. The molecule has 0 radical (unpaired) electrons. The summed E-state index contributed by atoms with van der Waals surface area (Å²) in [5, 5.41) is 5.91. The van der Waals surface area contributed by atoms with Crippen LogP contribution in [0.4, 0.5) is 5.82 Å². The van der Waals surface area contributed by atoms with Crippen LogP contribution in [0.1, 0.15) is 25.0 Å². The summed E-state index contributed by atoms with van der Waals surface area (Å²) in [6.07, 6.45) is 7.84. The number of hydrogen-bond acceptors (Lipinski definition) is 5. The van der Waals surface area contributed by atoms with Crippen LogP contribution in [0.25, 0.3) is 0 Å². The summed E-state index contributed by atoms with van der Waals surface area (Å²) in [5.74, 6) is 1.59. The van der Waals surface area contributed by atoms with Gasteiger partial charge in [0.2, 0.25) is 5.91 Å². The van der Waals surface area contributed by atoms with Gasteiger partial charge < -0.3 is 15.5 Å². The monoisotopic (exact) mass is 291 g/mol. The molecular formula is C15H25N5O. The molecule has 0 spiro atoms. The van der Waals surface area contributed by atoms with Crippen LogP contribution in [-0.2, 0) is 11.2 Å². The first-order valence-electron chi connectivity index (χ1n) is 7.64. The zero-order chi connectivity index (χ0) is 15.1. The van der Waals surface area contributed by atoms with Gasteiger partial charge in [0.25, 0.3) is 0 Å². The van der Waals surface area contributed by atoms with E-state index < -0.39 is 0 Å². The Kier molecular flexibility index (Phi) is 5.92. The number of rotatable bonds is 5. The molecule has 21 heavy (non-hydrogen) atoms. The van der Waals surface area contributed by atoms with E-state index in [2.05, 4.69) is 20.6 Å². The molecule has 6 nitrogen and oxygen atoms in total. The molecule has 1 aromatic rings. The summed E-state index contributed by atoms with van der Waals surface area (Å²) in [6.45, 7) is 2.16. The third-order valence-corrected chi connectivity index (χ3v) is 3.99. The first-order valence-corrected chi connectivity index (χ1v) is 7.64. The van der Waals surface area contributed by atoms with Gasteiger partial charge in [0.05, 0.1) is 24.6 Å². The molecule has 0 unspecified atom stereocenters. The average molecular weight is 291 g/mol. The number of carbonyl (C=O) groups excluding carboxylic acids is 1. The Bertz CT molecular complexity index is 448. The number of aromatic nitrogens is 2. The minimum atomic E-state index is 0.205. The van der Waals surface area contributed by atoms with Crippen LogP contribution < -0.4 is 10.6 Å². The van der Waals surface area contributed by atoms with Crippen molar-refractivity contribution < 1.29 is 4.79 Å². The summed E-state index contributed by atoms with van der Waals surface area (Å²) in [7, 11) is 3.65. The number of nitrogens with zero attached hydrogens (tertiary/aromatic N) is 3. The molecule has 0 saturated carbocycles. The fourth-order valence-electron chi connectivity index (χ4n) is 2.77. The summed E-state index contributed by atoms with van der Waals surface area (Å²) < 4.78 is 0. The third kappa shape index (κ3) is 4.67. The molecule has 2 heterocycles. The SMILES string of the molecule is CNCC(=O)N1CCC[C@H](Cc2cnc(NC)cn2)CC1. The van der Waals surface area contributed by atoms with Crippen LogP contribution in [0.2, 0.25) is 0 Å². The number of carbonyl (C=O) groups is 1. The normalized spacial score (nSPS) is 19.1. The second-order valence-electron chi connectivity index (χ2n) is 5.56. The number of likely N-dealkylation sites (N-methyl/N-ethyl adjacent to an activating group) is 1. The lowest BCUT2D eigenvalue weighted by atomic mass is 9.95. The molecule has 1 aliphatic heterocycles. The molecule has 1 aliphatic rings. The van der Waals surface area contributed by atoms with Crippen molar-refractivity contribution in [2.75, 3.05) is 39.0 Å². The fourth-order valence-corrected chi connectivity index (χ4v) is 2.77. The maximum atomic E-state index is 11.9. The first-order chi connectivity index (χ1) is 10.2. The molecule has 1 aromatic heterocycles. The minimum Gasteiger partial charge on any atom is -0.372 e. The number of anilines is 1. The Balaban J connectivity index is 1.86. The molecule has 6 heteroatoms. The Morgan fingerprint density at radius 1 is 1.29 bits per heavy atom. The molecule has 0 aliphatic carbocycles. The predicted octanol–water partition coefficient (Wildman–Crippen LogP) is 0.909. The van der Waals surface area contributed by atoms with Crippen molar-refractivity contribution in [2.24, 2.45) is 5.92 Å². The number of likely N-dealkylation sites (tertiary alicyclic amines) is 1. The maximum Gasteiger partial charge on any atom is 0.236 e. The van der Waals surface area contributed by atoms with Crippen LogP contribution in [0.5, 0.6) is 0 Å². The van der Waals surface area contributed by atoms with Gasteiger partial charge in [-0.15, -0.1) is 0 Å². The van der Waals surface area contributed by atoms with Gasteiger partial charge >= 0.3 is 0 Å². The number of amides is 1. The molecule has 0 aromatic carbocycles. The highest BCUT2D eigenvalue weighted by Gasteiger charge is 2.20. The molecule has 0 bridgehead atoms. The Morgan fingerprint density at radius 3 is 2.81 bits per heavy atom. The highest BCUT2D eigenvalue weighted by atomic mass is 16.2. The van der Waals surface area contributed by atoms with E-state index in [1.807, 2.05) is 25.2 Å². The van der Waals surface area contributed by atoms with E-state index in [0.717, 1.165) is 50.3 Å². The van der Waals surface area contributed by atoms with E-state index in [1.165, 1.54) is 0 Å². The molecule has 2 N–H and O–H groups in total. The van der Waals surface area contributed by atoms with E-state index in [1.54, 1.807) is 6.20 Å². The van der Waals surface area contributed by atoms with Crippen LogP contribution in [0.15, 0.2) is 12.4 Å². The van der Waals surface area contributed by atoms with Gasteiger partial charge in [-0.3, -0.25) is 9.78 Å². The zero-order valence-corrected chi connectivity index (χ0v) is 12.9. The number of hydrogen-bond donors (Lipinski definition) is 2. The topological polar surface area (TPSA) is 70.2 Å². The smallest absolute Gasteiger partial charge is 0.236 e. The van der Waals surface area contributed by atoms with Gasteiger partial charge in [-0.25, -0.2) is 4.98 Å². The van der Waals surface area contributed by atoms with Crippen LogP contribution >= 0.6 is 0 Å². The van der Waals surface area contributed by atoms with Gasteiger partial charge in [0.15, 0.2) is 0 Å². The molecule has 1 amide bonds.